The molecule has 4 aromatic rings. The molecule has 4 amide bonds. The number of aryl methyl sites for hydroxylation is 1. The van der Waals surface area contributed by atoms with Gasteiger partial charge in [-0.1, -0.05) is 54.6 Å². The van der Waals surface area contributed by atoms with Crippen molar-refractivity contribution < 1.29 is 33.8 Å². The molecule has 0 unspecified atom stereocenters. The minimum Gasteiger partial charge on any atom is -0.480 e. The third kappa shape index (κ3) is 9.14. The number of rotatable bonds is 14. The van der Waals surface area contributed by atoms with Crippen LogP contribution < -0.4 is 27.2 Å². The Morgan fingerprint density at radius 3 is 2.20 bits per heavy atom. The molecule has 0 saturated heterocycles. The Morgan fingerprint density at radius 1 is 0.882 bits per heavy atom. The fourth-order valence-electron chi connectivity index (χ4n) is 5.78. The van der Waals surface area contributed by atoms with Crippen molar-refractivity contribution in [3.8, 4) is 11.1 Å². The zero-order valence-electron chi connectivity index (χ0n) is 27.6. The van der Waals surface area contributed by atoms with Crippen molar-refractivity contribution in [3.63, 3.8) is 0 Å². The quantitative estimate of drug-likeness (QED) is 0.131. The van der Waals surface area contributed by atoms with E-state index in [1.807, 2.05) is 53.5 Å². The lowest BCUT2D eigenvalue weighted by Gasteiger charge is -2.21. The Kier molecular flexibility index (Phi) is 11.4. The molecule has 0 saturated carbocycles. The number of amides is 4. The second-order valence-electron chi connectivity index (χ2n) is 11.8. The Balaban J connectivity index is 1.05. The first-order chi connectivity index (χ1) is 24.5. The minimum atomic E-state index is -1.23. The zero-order valence-corrected chi connectivity index (χ0v) is 27.6. The molecule has 5 N–H and O–H groups in total. The van der Waals surface area contributed by atoms with E-state index in [-0.39, 0.29) is 56.1 Å². The summed E-state index contributed by atoms with van der Waals surface area (Å²) in [6.45, 7) is -0.595. The molecule has 1 aliphatic carbocycles. The first kappa shape index (κ1) is 35.8. The summed E-state index contributed by atoms with van der Waals surface area (Å²) in [6.07, 6.45) is 0.361. The van der Waals surface area contributed by atoms with Gasteiger partial charge in [0.05, 0.1) is 0 Å². The molecule has 3 aromatic carbocycles. The molecule has 15 nitrogen and oxygen atoms in total. The third-order valence-corrected chi connectivity index (χ3v) is 8.23. The molecule has 0 spiro atoms. The van der Waals surface area contributed by atoms with E-state index in [9.17, 15) is 38.7 Å². The number of carbonyl (C=O) groups excluding carboxylic acids is 4. The zero-order chi connectivity index (χ0) is 36.5. The molecule has 0 atom stereocenters. The molecular weight excluding hydrogens is 660 g/mol. The van der Waals surface area contributed by atoms with Crippen molar-refractivity contribution in [1.29, 1.82) is 0 Å². The van der Waals surface area contributed by atoms with Gasteiger partial charge in [-0.05, 0) is 46.9 Å². The van der Waals surface area contributed by atoms with Gasteiger partial charge in [0.2, 0.25) is 11.8 Å². The first-order valence-electron chi connectivity index (χ1n) is 16.1. The van der Waals surface area contributed by atoms with Crippen LogP contribution in [0, 0.1) is 0 Å². The lowest BCUT2D eigenvalue weighted by Crippen LogP contribution is -2.41. The van der Waals surface area contributed by atoms with Gasteiger partial charge in [-0.2, -0.15) is 0 Å². The SMILES string of the molecule is Cn1cc(C(=O)Nc2cccc(NC(=O)CCCC(=O)N(CCNC(=O)OCC3c4ccccc4-c4ccccc43)CC(=O)O)c2)c(=O)[nH]c1=O. The summed E-state index contributed by atoms with van der Waals surface area (Å²) in [6, 6.07) is 22.0. The van der Waals surface area contributed by atoms with Crippen molar-refractivity contribution in [2.45, 2.75) is 25.2 Å². The number of aromatic nitrogens is 2. The predicted molar refractivity (Wildman–Crippen MR) is 186 cm³/mol. The Bertz CT molecular complexity index is 2040. The van der Waals surface area contributed by atoms with E-state index in [0.29, 0.717) is 5.69 Å². The van der Waals surface area contributed by atoms with Crippen LogP contribution in [0.15, 0.2) is 88.6 Å². The van der Waals surface area contributed by atoms with Crippen LogP contribution >= 0.6 is 0 Å². The molecule has 15 heteroatoms. The fourth-order valence-corrected chi connectivity index (χ4v) is 5.78. The summed E-state index contributed by atoms with van der Waals surface area (Å²) in [5.41, 5.74) is 3.14. The van der Waals surface area contributed by atoms with Crippen LogP contribution in [0.25, 0.3) is 11.1 Å². The van der Waals surface area contributed by atoms with E-state index in [1.54, 1.807) is 18.2 Å². The molecule has 1 aromatic heterocycles. The lowest BCUT2D eigenvalue weighted by molar-refractivity contribution is -0.144. The maximum atomic E-state index is 12.9. The number of H-pyrrole nitrogens is 1. The van der Waals surface area contributed by atoms with Gasteiger partial charge in [-0.15, -0.1) is 0 Å². The number of ether oxygens (including phenoxy) is 1. The fraction of sp³-hybridized carbons (Fsp3) is 0.250. The van der Waals surface area contributed by atoms with Gasteiger partial charge < -0.3 is 35.3 Å². The summed E-state index contributed by atoms with van der Waals surface area (Å²) in [5.74, 6) is -3.04. The summed E-state index contributed by atoms with van der Waals surface area (Å²) >= 11 is 0. The van der Waals surface area contributed by atoms with Crippen LogP contribution in [0.1, 0.15) is 46.7 Å². The number of fused-ring (bicyclic) bond motifs is 3. The maximum Gasteiger partial charge on any atom is 0.407 e. The standard InChI is InChI=1S/C36H36N6O9/c1-41-19-28(34(48)40-35(41)49)33(47)39-23-9-6-8-22(18-23)38-30(43)14-7-15-31(44)42(20-32(45)46)17-16-37-36(50)51-21-29-26-12-4-2-10-24(26)25-11-3-5-13-27(25)29/h2-6,8-13,18-19,29H,7,14-17,20-21H2,1H3,(H,37,50)(H,38,43)(H,39,47)(H,45,46)(H,40,48,49). The Morgan fingerprint density at radius 2 is 1.53 bits per heavy atom. The average Bonchev–Trinajstić information content (AvgIpc) is 3.41. The first-order valence-corrected chi connectivity index (χ1v) is 16.1. The van der Waals surface area contributed by atoms with Gasteiger partial charge in [-0.3, -0.25) is 29.0 Å². The van der Waals surface area contributed by atoms with Crippen LogP contribution in [0.3, 0.4) is 0 Å². The average molecular weight is 697 g/mol. The second-order valence-corrected chi connectivity index (χ2v) is 11.8. The number of carboxylic acids is 1. The van der Waals surface area contributed by atoms with Gasteiger partial charge in [0, 0.05) is 56.5 Å². The van der Waals surface area contributed by atoms with Crippen LogP contribution in [-0.4, -0.2) is 75.6 Å². The van der Waals surface area contributed by atoms with Crippen molar-refractivity contribution in [1.82, 2.24) is 19.8 Å². The molecule has 1 aliphatic rings. The van der Waals surface area contributed by atoms with E-state index in [1.165, 1.54) is 13.1 Å². The highest BCUT2D eigenvalue weighted by molar-refractivity contribution is 6.04. The molecule has 264 valence electrons. The van der Waals surface area contributed by atoms with Gasteiger partial charge in [0.15, 0.2) is 0 Å². The van der Waals surface area contributed by atoms with Crippen molar-refractivity contribution in [2.75, 3.05) is 36.9 Å². The lowest BCUT2D eigenvalue weighted by atomic mass is 9.98. The maximum absolute atomic E-state index is 12.9. The highest BCUT2D eigenvalue weighted by atomic mass is 16.5. The number of alkyl carbamates (subject to hydrolysis) is 1. The van der Waals surface area contributed by atoms with Gasteiger partial charge >= 0.3 is 17.8 Å². The molecule has 0 aliphatic heterocycles. The van der Waals surface area contributed by atoms with E-state index >= 15 is 0 Å². The van der Waals surface area contributed by atoms with Gasteiger partial charge in [0.1, 0.15) is 18.7 Å². The highest BCUT2D eigenvalue weighted by Crippen LogP contribution is 2.44. The molecule has 51 heavy (non-hydrogen) atoms. The van der Waals surface area contributed by atoms with Crippen molar-refractivity contribution in [3.05, 3.63) is 117 Å². The topological polar surface area (TPSA) is 209 Å². The smallest absolute Gasteiger partial charge is 0.407 e. The number of carbonyl (C=O) groups is 5. The molecule has 5 rings (SSSR count). The van der Waals surface area contributed by atoms with Crippen LogP contribution in [-0.2, 0) is 26.2 Å². The summed E-state index contributed by atoms with van der Waals surface area (Å²) < 4.78 is 6.56. The summed E-state index contributed by atoms with van der Waals surface area (Å²) in [5, 5.41) is 17.1. The minimum absolute atomic E-state index is 0.0418. The number of hydrogen-bond acceptors (Lipinski definition) is 8. The van der Waals surface area contributed by atoms with E-state index in [4.69, 9.17) is 4.74 Å². The normalized spacial score (nSPS) is 11.5. The summed E-state index contributed by atoms with van der Waals surface area (Å²) in [7, 11) is 1.38. The van der Waals surface area contributed by atoms with E-state index in [0.717, 1.165) is 37.9 Å². The largest absolute Gasteiger partial charge is 0.480 e. The number of anilines is 2. The summed E-state index contributed by atoms with van der Waals surface area (Å²) in [4.78, 5) is 88.7. The molecule has 1 heterocycles. The molecule has 0 fully saturated rings. The third-order valence-electron chi connectivity index (χ3n) is 8.23. The second kappa shape index (κ2) is 16.3. The monoisotopic (exact) mass is 696 g/mol. The van der Waals surface area contributed by atoms with Crippen molar-refractivity contribution in [2.24, 2.45) is 7.05 Å². The number of carboxylic acid groups (broad SMARTS) is 1. The number of nitrogens with zero attached hydrogens (tertiary/aromatic N) is 2. The highest BCUT2D eigenvalue weighted by Gasteiger charge is 2.29. The van der Waals surface area contributed by atoms with Crippen LogP contribution in [0.2, 0.25) is 0 Å². The number of benzene rings is 3. The number of nitrogens with one attached hydrogen (secondary N) is 4. The Labute approximate surface area is 291 Å². The predicted octanol–water partition coefficient (Wildman–Crippen LogP) is 2.89. The van der Waals surface area contributed by atoms with Crippen molar-refractivity contribution >= 4 is 41.2 Å². The van der Waals surface area contributed by atoms with E-state index in [2.05, 4.69) is 16.0 Å². The molecular formula is C36H36N6O9. The number of hydrogen-bond donors (Lipinski definition) is 5. The Hall–Kier alpha value is -6.51. The van der Waals surface area contributed by atoms with Gasteiger partial charge in [0.25, 0.3) is 11.5 Å². The van der Waals surface area contributed by atoms with Gasteiger partial charge in [-0.25, -0.2) is 9.59 Å². The molecule has 0 radical (unpaired) electrons. The van der Waals surface area contributed by atoms with Crippen LogP contribution in [0.5, 0.6) is 0 Å². The van der Waals surface area contributed by atoms with Crippen LogP contribution in [0.4, 0.5) is 16.2 Å². The molecule has 0 bridgehead atoms. The van der Waals surface area contributed by atoms with E-state index < -0.39 is 47.6 Å². The number of aromatic amines is 1. The number of aliphatic carboxylic acids is 1.